The Kier molecular flexibility index (Phi) is 5.21. The van der Waals surface area contributed by atoms with Gasteiger partial charge in [-0.3, -0.25) is 9.59 Å². The molecule has 0 aliphatic carbocycles. The van der Waals surface area contributed by atoms with Gasteiger partial charge in [0.2, 0.25) is 11.8 Å². The molecule has 0 radical (unpaired) electrons. The molecule has 2 amide bonds. The SMILES string of the molecule is O=C(Nc1ccccn1)C1CCCN(C(=O)Cc2ccccc2)C1. The number of aromatic nitrogens is 1. The van der Waals surface area contributed by atoms with E-state index in [9.17, 15) is 9.59 Å². The average Bonchev–Trinajstić information content (AvgIpc) is 2.63. The maximum atomic E-state index is 12.5. The number of hydrogen-bond donors (Lipinski definition) is 1. The standard InChI is InChI=1S/C19H21N3O2/c23-18(13-15-7-2-1-3-8-15)22-12-6-9-16(14-22)19(24)21-17-10-4-5-11-20-17/h1-5,7-8,10-11,16H,6,9,12-14H2,(H,20,21,24). The second-order valence-electron chi connectivity index (χ2n) is 6.05. The molecule has 5 heteroatoms. The second kappa shape index (κ2) is 7.73. The minimum absolute atomic E-state index is 0.0640. The predicted molar refractivity (Wildman–Crippen MR) is 92.3 cm³/mol. The fraction of sp³-hybridized carbons (Fsp3) is 0.316. The number of benzene rings is 1. The van der Waals surface area contributed by atoms with Crippen molar-refractivity contribution in [2.45, 2.75) is 19.3 Å². The molecule has 1 unspecified atom stereocenters. The van der Waals surface area contributed by atoms with Crippen LogP contribution in [-0.2, 0) is 16.0 Å². The predicted octanol–water partition coefficient (Wildman–Crippen LogP) is 2.50. The molecular weight excluding hydrogens is 302 g/mol. The number of nitrogens with zero attached hydrogens (tertiary/aromatic N) is 2. The summed E-state index contributed by atoms with van der Waals surface area (Å²) in [5, 5.41) is 2.83. The first-order valence-corrected chi connectivity index (χ1v) is 8.26. The molecule has 0 saturated carbocycles. The molecule has 5 nitrogen and oxygen atoms in total. The molecule has 0 spiro atoms. The first-order valence-electron chi connectivity index (χ1n) is 8.26. The highest BCUT2D eigenvalue weighted by Gasteiger charge is 2.28. The third-order valence-corrected chi connectivity index (χ3v) is 4.26. The third-order valence-electron chi connectivity index (χ3n) is 4.26. The highest BCUT2D eigenvalue weighted by Crippen LogP contribution is 2.19. The summed E-state index contributed by atoms with van der Waals surface area (Å²) in [5.41, 5.74) is 1.00. The van der Waals surface area contributed by atoms with E-state index in [2.05, 4.69) is 10.3 Å². The Hall–Kier alpha value is -2.69. The molecule has 2 aromatic rings. The van der Waals surface area contributed by atoms with Gasteiger partial charge in [-0.2, -0.15) is 0 Å². The molecule has 1 aliphatic heterocycles. The van der Waals surface area contributed by atoms with Crippen molar-refractivity contribution in [3.05, 3.63) is 60.3 Å². The average molecular weight is 323 g/mol. The van der Waals surface area contributed by atoms with Crippen molar-refractivity contribution in [3.8, 4) is 0 Å². The molecule has 1 aliphatic rings. The zero-order valence-electron chi connectivity index (χ0n) is 13.5. The largest absolute Gasteiger partial charge is 0.342 e. The highest BCUT2D eigenvalue weighted by molar-refractivity contribution is 5.92. The van der Waals surface area contributed by atoms with Crippen LogP contribution in [0.4, 0.5) is 5.82 Å². The van der Waals surface area contributed by atoms with Crippen LogP contribution >= 0.6 is 0 Å². The van der Waals surface area contributed by atoms with Gasteiger partial charge in [-0.1, -0.05) is 36.4 Å². The van der Waals surface area contributed by atoms with Crippen LogP contribution in [0.15, 0.2) is 54.7 Å². The van der Waals surface area contributed by atoms with E-state index in [-0.39, 0.29) is 17.7 Å². The van der Waals surface area contributed by atoms with E-state index >= 15 is 0 Å². The molecule has 1 aromatic heterocycles. The van der Waals surface area contributed by atoms with Crippen LogP contribution in [0, 0.1) is 5.92 Å². The summed E-state index contributed by atoms with van der Waals surface area (Å²) in [4.78, 5) is 30.8. The Balaban J connectivity index is 1.57. The van der Waals surface area contributed by atoms with Gasteiger partial charge in [0.25, 0.3) is 0 Å². The van der Waals surface area contributed by atoms with Gasteiger partial charge in [0, 0.05) is 19.3 Å². The lowest BCUT2D eigenvalue weighted by Crippen LogP contribution is -2.44. The summed E-state index contributed by atoms with van der Waals surface area (Å²) in [6.45, 7) is 1.20. The molecule has 24 heavy (non-hydrogen) atoms. The van der Waals surface area contributed by atoms with E-state index in [1.807, 2.05) is 36.4 Å². The minimum atomic E-state index is -0.180. The summed E-state index contributed by atoms with van der Waals surface area (Å²) >= 11 is 0. The van der Waals surface area contributed by atoms with Gasteiger partial charge in [0.15, 0.2) is 0 Å². The molecule has 2 heterocycles. The van der Waals surface area contributed by atoms with Crippen LogP contribution in [0.3, 0.4) is 0 Å². The Morgan fingerprint density at radius 2 is 1.92 bits per heavy atom. The van der Waals surface area contributed by atoms with E-state index in [4.69, 9.17) is 0 Å². The Morgan fingerprint density at radius 1 is 1.12 bits per heavy atom. The van der Waals surface area contributed by atoms with Gasteiger partial charge in [-0.05, 0) is 30.5 Å². The minimum Gasteiger partial charge on any atom is -0.342 e. The number of hydrogen-bond acceptors (Lipinski definition) is 3. The van der Waals surface area contributed by atoms with Crippen molar-refractivity contribution in [1.29, 1.82) is 0 Å². The summed E-state index contributed by atoms with van der Waals surface area (Å²) < 4.78 is 0. The molecule has 124 valence electrons. The zero-order valence-corrected chi connectivity index (χ0v) is 13.5. The number of likely N-dealkylation sites (tertiary alicyclic amines) is 1. The van der Waals surface area contributed by atoms with Crippen LogP contribution in [0.5, 0.6) is 0 Å². The number of piperidine rings is 1. The first kappa shape index (κ1) is 16.2. The van der Waals surface area contributed by atoms with Gasteiger partial charge in [0.05, 0.1) is 12.3 Å². The normalized spacial score (nSPS) is 17.3. The number of amides is 2. The van der Waals surface area contributed by atoms with E-state index in [1.54, 1.807) is 23.2 Å². The van der Waals surface area contributed by atoms with Crippen LogP contribution in [-0.4, -0.2) is 34.8 Å². The van der Waals surface area contributed by atoms with Gasteiger partial charge < -0.3 is 10.2 Å². The molecular formula is C19H21N3O2. The van der Waals surface area contributed by atoms with Crippen molar-refractivity contribution < 1.29 is 9.59 Å². The number of rotatable bonds is 4. The Morgan fingerprint density at radius 3 is 2.67 bits per heavy atom. The lowest BCUT2D eigenvalue weighted by Gasteiger charge is -2.32. The third kappa shape index (κ3) is 4.19. The molecule has 1 aromatic carbocycles. The van der Waals surface area contributed by atoms with E-state index in [0.29, 0.717) is 18.8 Å². The Labute approximate surface area is 141 Å². The molecule has 1 fully saturated rings. The monoisotopic (exact) mass is 323 g/mol. The summed E-state index contributed by atoms with van der Waals surface area (Å²) in [5.74, 6) is 0.387. The summed E-state index contributed by atoms with van der Waals surface area (Å²) in [6.07, 6.45) is 3.68. The Bertz CT molecular complexity index is 629. The van der Waals surface area contributed by atoms with E-state index < -0.39 is 0 Å². The summed E-state index contributed by atoms with van der Waals surface area (Å²) in [6, 6.07) is 15.1. The molecule has 1 N–H and O–H groups in total. The second-order valence-corrected chi connectivity index (χ2v) is 6.05. The smallest absolute Gasteiger partial charge is 0.230 e. The number of carbonyl (C=O) groups is 2. The number of nitrogens with one attached hydrogen (secondary N) is 1. The number of pyridine rings is 1. The number of anilines is 1. The van der Waals surface area contributed by atoms with Gasteiger partial charge in [-0.25, -0.2) is 4.98 Å². The van der Waals surface area contributed by atoms with Crippen LogP contribution in [0.1, 0.15) is 18.4 Å². The van der Waals surface area contributed by atoms with Crippen molar-refractivity contribution >= 4 is 17.6 Å². The maximum Gasteiger partial charge on any atom is 0.230 e. The lowest BCUT2D eigenvalue weighted by molar-refractivity contribution is -0.133. The maximum absolute atomic E-state index is 12.5. The lowest BCUT2D eigenvalue weighted by atomic mass is 9.96. The topological polar surface area (TPSA) is 62.3 Å². The van der Waals surface area contributed by atoms with Crippen molar-refractivity contribution in [2.24, 2.45) is 5.92 Å². The molecule has 1 atom stereocenters. The zero-order chi connectivity index (χ0) is 16.8. The fourth-order valence-electron chi connectivity index (χ4n) is 2.96. The highest BCUT2D eigenvalue weighted by atomic mass is 16.2. The quantitative estimate of drug-likeness (QED) is 0.940. The van der Waals surface area contributed by atoms with Crippen molar-refractivity contribution in [1.82, 2.24) is 9.88 Å². The van der Waals surface area contributed by atoms with Crippen molar-refractivity contribution in [3.63, 3.8) is 0 Å². The number of carbonyl (C=O) groups excluding carboxylic acids is 2. The fourth-order valence-corrected chi connectivity index (χ4v) is 2.96. The van der Waals surface area contributed by atoms with Crippen LogP contribution in [0.2, 0.25) is 0 Å². The van der Waals surface area contributed by atoms with Gasteiger partial charge in [0.1, 0.15) is 5.82 Å². The first-order chi connectivity index (χ1) is 11.7. The van der Waals surface area contributed by atoms with E-state index in [1.165, 1.54) is 0 Å². The molecule has 3 rings (SSSR count). The summed E-state index contributed by atoms with van der Waals surface area (Å²) in [7, 11) is 0. The van der Waals surface area contributed by atoms with E-state index in [0.717, 1.165) is 24.9 Å². The molecule has 0 bridgehead atoms. The molecule has 1 saturated heterocycles. The van der Waals surface area contributed by atoms with Crippen LogP contribution < -0.4 is 5.32 Å². The van der Waals surface area contributed by atoms with Crippen molar-refractivity contribution in [2.75, 3.05) is 18.4 Å². The van der Waals surface area contributed by atoms with Crippen LogP contribution in [0.25, 0.3) is 0 Å². The van der Waals surface area contributed by atoms with Gasteiger partial charge in [-0.15, -0.1) is 0 Å². The van der Waals surface area contributed by atoms with Gasteiger partial charge >= 0.3 is 0 Å².